The molecular formula is C6H13NO5S. The third-order valence-corrected chi connectivity index (χ3v) is 2.76. The van der Waals surface area contributed by atoms with Crippen molar-refractivity contribution in [2.24, 2.45) is 0 Å². The van der Waals surface area contributed by atoms with E-state index in [2.05, 4.69) is 4.74 Å². The van der Waals surface area contributed by atoms with Gasteiger partial charge in [0, 0.05) is 0 Å². The first-order chi connectivity index (χ1) is 5.79. The van der Waals surface area contributed by atoms with Crippen LogP contribution < -0.4 is 0 Å². The van der Waals surface area contributed by atoms with Crippen molar-refractivity contribution >= 4 is 16.1 Å². The van der Waals surface area contributed by atoms with E-state index in [1.54, 1.807) is 0 Å². The van der Waals surface area contributed by atoms with Gasteiger partial charge in [-0.1, -0.05) is 0 Å². The van der Waals surface area contributed by atoms with E-state index in [0.717, 1.165) is 7.11 Å². The van der Waals surface area contributed by atoms with Gasteiger partial charge in [0.15, 0.2) is 0 Å². The molecule has 0 aromatic heterocycles. The molecule has 7 heteroatoms. The SMILES string of the molecule is COC(=O)CC(N(C)C)S(=O)(=O)O. The minimum absolute atomic E-state index is 0.387. The summed E-state index contributed by atoms with van der Waals surface area (Å²) < 4.78 is 34.5. The zero-order valence-corrected chi connectivity index (χ0v) is 8.54. The summed E-state index contributed by atoms with van der Waals surface area (Å²) in [5.74, 6) is -0.684. The summed E-state index contributed by atoms with van der Waals surface area (Å²) in [7, 11) is -0.201. The molecule has 0 aliphatic heterocycles. The van der Waals surface area contributed by atoms with Crippen LogP contribution in [0.3, 0.4) is 0 Å². The number of carbonyl (C=O) groups is 1. The smallest absolute Gasteiger partial charge is 0.308 e. The molecule has 0 heterocycles. The van der Waals surface area contributed by atoms with Crippen molar-refractivity contribution in [2.45, 2.75) is 11.8 Å². The molecule has 13 heavy (non-hydrogen) atoms. The van der Waals surface area contributed by atoms with E-state index in [9.17, 15) is 13.2 Å². The highest BCUT2D eigenvalue weighted by molar-refractivity contribution is 7.86. The summed E-state index contributed by atoms with van der Waals surface area (Å²) in [6.07, 6.45) is -0.387. The number of esters is 1. The van der Waals surface area contributed by atoms with E-state index >= 15 is 0 Å². The summed E-state index contributed by atoms with van der Waals surface area (Å²) in [6.45, 7) is 0. The first-order valence-corrected chi connectivity index (χ1v) is 4.99. The zero-order valence-electron chi connectivity index (χ0n) is 7.72. The van der Waals surface area contributed by atoms with Crippen molar-refractivity contribution < 1.29 is 22.5 Å². The standard InChI is InChI=1S/C6H13NO5S/c1-7(2)5(13(9,10)11)4-6(8)12-3/h5H,4H2,1-3H3,(H,9,10,11). The summed E-state index contributed by atoms with van der Waals surface area (Å²) in [6, 6.07) is 0. The van der Waals surface area contributed by atoms with Gasteiger partial charge in [0.1, 0.15) is 5.37 Å². The largest absolute Gasteiger partial charge is 0.469 e. The van der Waals surface area contributed by atoms with E-state index in [1.807, 2.05) is 0 Å². The van der Waals surface area contributed by atoms with Crippen LogP contribution in [0.5, 0.6) is 0 Å². The molecule has 0 saturated heterocycles. The van der Waals surface area contributed by atoms with Gasteiger partial charge in [-0.25, -0.2) is 0 Å². The molecule has 1 atom stereocenters. The van der Waals surface area contributed by atoms with Crippen LogP contribution in [0.25, 0.3) is 0 Å². The van der Waals surface area contributed by atoms with Crippen LogP contribution in [-0.4, -0.2) is 50.4 Å². The topological polar surface area (TPSA) is 83.9 Å². The molecule has 0 aromatic carbocycles. The number of methoxy groups -OCH3 is 1. The zero-order chi connectivity index (χ0) is 10.6. The number of hydrogen-bond donors (Lipinski definition) is 1. The molecule has 0 bridgehead atoms. The average molecular weight is 211 g/mol. The normalized spacial score (nSPS) is 14.2. The van der Waals surface area contributed by atoms with E-state index in [-0.39, 0.29) is 6.42 Å². The lowest BCUT2D eigenvalue weighted by Crippen LogP contribution is -2.37. The molecule has 1 N–H and O–H groups in total. The number of ether oxygens (including phenoxy) is 1. The Kier molecular flexibility index (Phi) is 4.31. The highest BCUT2D eigenvalue weighted by Crippen LogP contribution is 2.07. The van der Waals surface area contributed by atoms with Crippen LogP contribution in [0.1, 0.15) is 6.42 Å². The predicted molar refractivity (Wildman–Crippen MR) is 45.7 cm³/mol. The third kappa shape index (κ3) is 4.20. The van der Waals surface area contributed by atoms with Crippen molar-refractivity contribution in [1.82, 2.24) is 4.90 Å². The van der Waals surface area contributed by atoms with Crippen molar-refractivity contribution in [1.29, 1.82) is 0 Å². The maximum Gasteiger partial charge on any atom is 0.308 e. The molecule has 0 aliphatic rings. The number of rotatable bonds is 4. The molecule has 0 aromatic rings. The summed E-state index contributed by atoms with van der Waals surface area (Å²) in [5, 5.41) is -1.25. The lowest BCUT2D eigenvalue weighted by molar-refractivity contribution is -0.141. The minimum Gasteiger partial charge on any atom is -0.469 e. The van der Waals surface area contributed by atoms with Crippen molar-refractivity contribution in [2.75, 3.05) is 21.2 Å². The van der Waals surface area contributed by atoms with E-state index < -0.39 is 21.5 Å². The fraction of sp³-hybridized carbons (Fsp3) is 0.833. The lowest BCUT2D eigenvalue weighted by atomic mass is 10.4. The van der Waals surface area contributed by atoms with Crippen molar-refractivity contribution in [3.05, 3.63) is 0 Å². The second kappa shape index (κ2) is 4.54. The molecule has 0 rings (SSSR count). The Balaban J connectivity index is 4.56. The molecule has 0 amide bonds. The molecule has 78 valence electrons. The Hall–Kier alpha value is -0.660. The van der Waals surface area contributed by atoms with Crippen molar-refractivity contribution in [3.8, 4) is 0 Å². The summed E-state index contributed by atoms with van der Waals surface area (Å²) in [4.78, 5) is 12.0. The third-order valence-electron chi connectivity index (χ3n) is 1.49. The second-order valence-corrected chi connectivity index (χ2v) is 4.29. The lowest BCUT2D eigenvalue weighted by Gasteiger charge is -2.19. The fourth-order valence-electron chi connectivity index (χ4n) is 0.780. The van der Waals surface area contributed by atoms with Gasteiger partial charge < -0.3 is 4.74 Å². The highest BCUT2D eigenvalue weighted by atomic mass is 32.2. The maximum atomic E-state index is 10.7. The Morgan fingerprint density at radius 1 is 1.54 bits per heavy atom. The second-order valence-electron chi connectivity index (χ2n) is 2.71. The summed E-state index contributed by atoms with van der Waals surface area (Å²) >= 11 is 0. The summed E-state index contributed by atoms with van der Waals surface area (Å²) in [5.41, 5.74) is 0. The van der Waals surface area contributed by atoms with Gasteiger partial charge >= 0.3 is 5.97 Å². The first kappa shape index (κ1) is 12.3. The van der Waals surface area contributed by atoms with Gasteiger partial charge in [0.2, 0.25) is 0 Å². The average Bonchev–Trinajstić information content (AvgIpc) is 1.96. The molecule has 6 nitrogen and oxygen atoms in total. The van der Waals surface area contributed by atoms with Crippen LogP contribution in [-0.2, 0) is 19.6 Å². The molecule has 0 fully saturated rings. The number of nitrogens with zero attached hydrogens (tertiary/aromatic N) is 1. The highest BCUT2D eigenvalue weighted by Gasteiger charge is 2.28. The molecular weight excluding hydrogens is 198 g/mol. The minimum atomic E-state index is -4.24. The van der Waals surface area contributed by atoms with Gasteiger partial charge in [-0.2, -0.15) is 8.42 Å². The van der Waals surface area contributed by atoms with Gasteiger partial charge in [-0.3, -0.25) is 14.2 Å². The molecule has 0 aliphatic carbocycles. The number of carbonyl (C=O) groups excluding carboxylic acids is 1. The molecule has 0 saturated carbocycles. The Bertz CT molecular complexity index is 271. The maximum absolute atomic E-state index is 10.7. The molecule has 0 radical (unpaired) electrons. The van der Waals surface area contributed by atoms with E-state index in [1.165, 1.54) is 19.0 Å². The quantitative estimate of drug-likeness (QED) is 0.490. The van der Waals surface area contributed by atoms with Crippen LogP contribution in [0.15, 0.2) is 0 Å². The van der Waals surface area contributed by atoms with Gasteiger partial charge in [-0.05, 0) is 14.1 Å². The Labute approximate surface area is 77.2 Å². The van der Waals surface area contributed by atoms with Crippen LogP contribution in [0, 0.1) is 0 Å². The van der Waals surface area contributed by atoms with Gasteiger partial charge in [0.25, 0.3) is 10.1 Å². The van der Waals surface area contributed by atoms with Gasteiger partial charge in [-0.15, -0.1) is 0 Å². The first-order valence-electron chi connectivity index (χ1n) is 3.48. The Morgan fingerprint density at radius 2 is 2.00 bits per heavy atom. The number of hydrogen-bond acceptors (Lipinski definition) is 5. The van der Waals surface area contributed by atoms with E-state index in [4.69, 9.17) is 4.55 Å². The van der Waals surface area contributed by atoms with Crippen LogP contribution in [0.4, 0.5) is 0 Å². The van der Waals surface area contributed by atoms with Crippen molar-refractivity contribution in [3.63, 3.8) is 0 Å². The Morgan fingerprint density at radius 3 is 2.23 bits per heavy atom. The molecule has 1 unspecified atom stereocenters. The predicted octanol–water partition coefficient (Wildman–Crippen LogP) is -0.675. The fourth-order valence-corrected chi connectivity index (χ4v) is 1.66. The monoisotopic (exact) mass is 211 g/mol. The van der Waals surface area contributed by atoms with Crippen LogP contribution >= 0.6 is 0 Å². The van der Waals surface area contributed by atoms with Crippen LogP contribution in [0.2, 0.25) is 0 Å². The van der Waals surface area contributed by atoms with E-state index in [0.29, 0.717) is 0 Å². The van der Waals surface area contributed by atoms with Gasteiger partial charge in [0.05, 0.1) is 13.5 Å². The molecule has 0 spiro atoms.